The summed E-state index contributed by atoms with van der Waals surface area (Å²) in [6, 6.07) is 26.9. The normalized spacial score (nSPS) is 12.7. The molecule has 14 nitrogen and oxygen atoms in total. The molecule has 2 heterocycles. The molecule has 0 spiro atoms. The Morgan fingerprint density at radius 2 is 1.34 bits per heavy atom. The van der Waals surface area contributed by atoms with Crippen LogP contribution in [0.25, 0.3) is 44.4 Å². The summed E-state index contributed by atoms with van der Waals surface area (Å²) in [6.45, 7) is 7.24. The van der Waals surface area contributed by atoms with Crippen LogP contribution < -0.4 is 10.6 Å². The molecular weight excluding hydrogens is 773 g/mol. The number of hydrogen-bond donors (Lipinski definition) is 4. The number of aryl methyl sites for hydroxylation is 2. The summed E-state index contributed by atoms with van der Waals surface area (Å²) in [5.74, 6) is 0.902. The van der Waals surface area contributed by atoms with Gasteiger partial charge in [0.25, 0.3) is 0 Å². The second-order valence-corrected chi connectivity index (χ2v) is 15.3. The van der Waals surface area contributed by atoms with Gasteiger partial charge in [-0.3, -0.25) is 9.59 Å². The highest BCUT2D eigenvalue weighted by Crippen LogP contribution is 2.36. The van der Waals surface area contributed by atoms with Crippen LogP contribution in [0.2, 0.25) is 0 Å². The fourth-order valence-corrected chi connectivity index (χ4v) is 7.90. The van der Waals surface area contributed by atoms with E-state index in [1.54, 1.807) is 22.9 Å². The van der Waals surface area contributed by atoms with E-state index in [0.717, 1.165) is 75.8 Å². The number of hydrogen-bond acceptors (Lipinski definition) is 8. The van der Waals surface area contributed by atoms with Crippen molar-refractivity contribution in [2.45, 2.75) is 71.6 Å². The van der Waals surface area contributed by atoms with Crippen LogP contribution in [-0.4, -0.2) is 87.1 Å². The molecule has 4 amide bonds. The van der Waals surface area contributed by atoms with Crippen LogP contribution in [0.1, 0.15) is 68.1 Å². The van der Waals surface area contributed by atoms with E-state index in [9.17, 15) is 19.2 Å². The summed E-state index contributed by atoms with van der Waals surface area (Å²) in [6.07, 6.45) is 3.59. The molecular formula is C47H52N8O6. The van der Waals surface area contributed by atoms with Crippen LogP contribution in [0.4, 0.5) is 9.59 Å². The van der Waals surface area contributed by atoms with Gasteiger partial charge in [0.2, 0.25) is 11.8 Å². The van der Waals surface area contributed by atoms with Gasteiger partial charge in [-0.15, -0.1) is 0 Å². The Kier molecular flexibility index (Phi) is 13.1. The van der Waals surface area contributed by atoms with E-state index in [1.807, 2.05) is 44.2 Å². The molecule has 0 bridgehead atoms. The molecule has 0 fully saturated rings. The van der Waals surface area contributed by atoms with Gasteiger partial charge in [-0.05, 0) is 77.8 Å². The van der Waals surface area contributed by atoms with Gasteiger partial charge in [-0.25, -0.2) is 19.6 Å². The van der Waals surface area contributed by atoms with E-state index >= 15 is 0 Å². The maximum absolute atomic E-state index is 13.9. The second kappa shape index (κ2) is 19.0. The predicted octanol–water partition coefficient (Wildman–Crippen LogP) is 7.70. The largest absolute Gasteiger partial charge is 0.453 e. The number of nitrogens with zero attached hydrogens (tertiary/aromatic N) is 4. The lowest BCUT2D eigenvalue weighted by Gasteiger charge is -2.27. The smallest absolute Gasteiger partial charge is 0.407 e. The summed E-state index contributed by atoms with van der Waals surface area (Å²) < 4.78 is 9.50. The van der Waals surface area contributed by atoms with Gasteiger partial charge < -0.3 is 39.9 Å². The number of methoxy groups -OCH3 is 2. The number of imidazole rings is 2. The van der Waals surface area contributed by atoms with Crippen LogP contribution >= 0.6 is 0 Å². The van der Waals surface area contributed by atoms with Crippen molar-refractivity contribution in [1.82, 2.24) is 40.4 Å². The first-order chi connectivity index (χ1) is 29.6. The summed E-state index contributed by atoms with van der Waals surface area (Å²) >= 11 is 0. The number of aromatic nitrogens is 4. The summed E-state index contributed by atoms with van der Waals surface area (Å²) in [5.41, 5.74) is 9.03. The zero-order chi connectivity index (χ0) is 43.0. The van der Waals surface area contributed by atoms with Crippen molar-refractivity contribution in [3.63, 3.8) is 0 Å². The van der Waals surface area contributed by atoms with E-state index in [-0.39, 0.29) is 18.4 Å². The van der Waals surface area contributed by atoms with Crippen molar-refractivity contribution in [1.29, 1.82) is 0 Å². The quantitative estimate of drug-likeness (QED) is 0.0815. The first kappa shape index (κ1) is 42.2. The lowest BCUT2D eigenvalue weighted by atomic mass is 9.89. The third-order valence-electron chi connectivity index (χ3n) is 11.0. The van der Waals surface area contributed by atoms with Gasteiger partial charge in [0.15, 0.2) is 0 Å². The fourth-order valence-electron chi connectivity index (χ4n) is 7.90. The number of rotatable bonds is 15. The van der Waals surface area contributed by atoms with E-state index < -0.39 is 24.3 Å². The Bertz CT molecular complexity index is 2530. The van der Waals surface area contributed by atoms with Gasteiger partial charge in [-0.1, -0.05) is 86.6 Å². The molecule has 6 aromatic rings. The number of alkyl carbamates (subject to hydrolysis) is 2. The summed E-state index contributed by atoms with van der Waals surface area (Å²) in [4.78, 5) is 70.9. The Morgan fingerprint density at radius 1 is 0.721 bits per heavy atom. The van der Waals surface area contributed by atoms with Crippen molar-refractivity contribution in [3.8, 4) is 33.6 Å². The maximum atomic E-state index is 13.9. The zero-order valence-corrected chi connectivity index (χ0v) is 35.2. The molecule has 0 radical (unpaired) electrons. The lowest BCUT2D eigenvalue weighted by molar-refractivity contribution is -0.134. The Labute approximate surface area is 355 Å². The molecule has 14 heteroatoms. The topological polar surface area (TPSA) is 175 Å². The minimum absolute atomic E-state index is 0.195. The molecule has 2 atom stereocenters. The monoisotopic (exact) mass is 824 g/mol. The third kappa shape index (κ3) is 9.59. The van der Waals surface area contributed by atoms with Gasteiger partial charge in [0.1, 0.15) is 23.7 Å². The molecule has 0 saturated heterocycles. The predicted molar refractivity (Wildman–Crippen MR) is 233 cm³/mol. The number of carbonyl (C=O) groups excluding carboxylic acids is 4. The average molecular weight is 825 g/mol. The molecule has 4 N–H and O–H groups in total. The fraction of sp³-hybridized carbons (Fsp3) is 0.319. The number of nitrogens with one attached hydrogen (secondary N) is 4. The highest BCUT2D eigenvalue weighted by atomic mass is 16.5. The number of aromatic amines is 2. The molecule has 2 aromatic heterocycles. The van der Waals surface area contributed by atoms with Gasteiger partial charge >= 0.3 is 12.2 Å². The molecule has 7 rings (SSSR count). The van der Waals surface area contributed by atoms with Crippen molar-refractivity contribution < 1.29 is 28.7 Å². The molecule has 1 aliphatic carbocycles. The van der Waals surface area contributed by atoms with Crippen LogP contribution in [0.15, 0.2) is 91.1 Å². The van der Waals surface area contributed by atoms with Crippen LogP contribution in [0.3, 0.4) is 0 Å². The number of benzene rings is 4. The number of carbonyl (C=O) groups is 4. The number of H-pyrrole nitrogens is 2. The zero-order valence-electron chi connectivity index (χ0n) is 35.2. The number of amides is 4. The summed E-state index contributed by atoms with van der Waals surface area (Å²) in [5, 5.41) is 7.45. The Balaban J connectivity index is 1.05. The molecule has 0 saturated carbocycles. The van der Waals surface area contributed by atoms with Crippen LogP contribution in [-0.2, 0) is 45.0 Å². The van der Waals surface area contributed by atoms with Gasteiger partial charge in [0, 0.05) is 24.2 Å². The molecule has 316 valence electrons. The minimum Gasteiger partial charge on any atom is -0.453 e. The molecule has 61 heavy (non-hydrogen) atoms. The highest BCUT2D eigenvalue weighted by molar-refractivity contribution is 5.91. The molecule has 1 aliphatic rings. The van der Waals surface area contributed by atoms with Gasteiger partial charge in [0.05, 0.1) is 50.6 Å². The highest BCUT2D eigenvalue weighted by Gasteiger charge is 2.29. The average Bonchev–Trinajstić information content (AvgIpc) is 3.94. The minimum atomic E-state index is -0.903. The van der Waals surface area contributed by atoms with E-state index in [4.69, 9.17) is 9.72 Å². The van der Waals surface area contributed by atoms with Crippen molar-refractivity contribution in [2.24, 2.45) is 0 Å². The number of ether oxygens (including phenoxy) is 2. The Morgan fingerprint density at radius 3 is 2.05 bits per heavy atom. The first-order valence-corrected chi connectivity index (χ1v) is 20.7. The van der Waals surface area contributed by atoms with Crippen molar-refractivity contribution in [3.05, 3.63) is 120 Å². The molecule has 0 unspecified atom stereocenters. The van der Waals surface area contributed by atoms with E-state index in [1.165, 1.54) is 19.8 Å². The number of fused-ring (bicyclic) bond motifs is 4. The Hall–Kier alpha value is -6.96. The maximum Gasteiger partial charge on any atom is 0.407 e. The third-order valence-corrected chi connectivity index (χ3v) is 11.0. The molecule has 0 aliphatic heterocycles. The SMILES string of the molecule is CCCN(Cc1nc2c([nH]1)-c1ccc(-c3ccc4cc(-c5cnc(CN(CCC)C(=O)[C@H](NC(=O)OC)c6ccccc6)[nH]5)ccc4c3)cc1CC2)C(=O)[C@H](C)NC(=O)OC. The first-order valence-electron chi connectivity index (χ1n) is 20.7. The van der Waals surface area contributed by atoms with Crippen molar-refractivity contribution in [2.75, 3.05) is 27.3 Å². The summed E-state index contributed by atoms with van der Waals surface area (Å²) in [7, 11) is 2.55. The van der Waals surface area contributed by atoms with Gasteiger partial charge in [-0.2, -0.15) is 0 Å². The lowest BCUT2D eigenvalue weighted by Crippen LogP contribution is -2.47. The van der Waals surface area contributed by atoms with Crippen molar-refractivity contribution >= 4 is 34.8 Å². The standard InChI is InChI=1S/C47H52N8O6/c1-6-21-54(44(56)29(3)49-46(58)60-4)28-41-50-38-20-18-35-24-34(17-19-37(35)43(38)52-41)31-13-14-33-25-36(16-15-32(33)23-31)39-26-48-40(51-39)27-55(22-7-2)45(57)42(53-47(59)61-5)30-11-9-8-10-12-30/h8-17,19,23-26,29,42H,6-7,18,20-22,27-28H2,1-5H3,(H,48,51)(H,49,58)(H,50,52)(H,53,59)/t29-,42+/m0/s1. The van der Waals surface area contributed by atoms with Crippen LogP contribution in [0, 0.1) is 0 Å². The molecule has 4 aromatic carbocycles. The van der Waals surface area contributed by atoms with Crippen LogP contribution in [0.5, 0.6) is 0 Å². The van der Waals surface area contributed by atoms with E-state index in [0.29, 0.717) is 36.8 Å². The second-order valence-electron chi connectivity index (χ2n) is 15.3. The van der Waals surface area contributed by atoms with E-state index in [2.05, 4.69) is 84.9 Å².